The lowest BCUT2D eigenvalue weighted by molar-refractivity contribution is -0.138. The second-order valence-electron chi connectivity index (χ2n) is 7.88. The summed E-state index contributed by atoms with van der Waals surface area (Å²) in [7, 11) is 0. The van der Waals surface area contributed by atoms with Crippen LogP contribution in [0.3, 0.4) is 0 Å². The molecule has 7 nitrogen and oxygen atoms in total. The molecular formula is C24H22N2O5. The second kappa shape index (κ2) is 8.15. The monoisotopic (exact) mass is 418 g/mol. The Balaban J connectivity index is 1.48. The molecule has 0 radical (unpaired) electrons. The Kier molecular flexibility index (Phi) is 5.38. The molecule has 3 N–H and O–H groups in total. The number of alkyl carbamates (subject to hydrolysis) is 1. The Labute approximate surface area is 179 Å². The molecule has 158 valence electrons. The van der Waals surface area contributed by atoms with E-state index in [9.17, 15) is 19.5 Å². The number of amides is 2. The molecule has 2 atom stereocenters. The third-order valence-electron chi connectivity index (χ3n) is 5.96. The average Bonchev–Trinajstić information content (AvgIpc) is 3.20. The number of carboxylic acids is 1. The summed E-state index contributed by atoms with van der Waals surface area (Å²) in [6, 6.07) is 15.2. The summed E-state index contributed by atoms with van der Waals surface area (Å²) in [6.45, 7) is 0.120. The number of carboxylic acid groups (broad SMARTS) is 1. The summed E-state index contributed by atoms with van der Waals surface area (Å²) in [4.78, 5) is 35.9. The molecule has 2 amide bonds. The number of ether oxygens (including phenoxy) is 1. The number of terminal acetylenes is 1. The van der Waals surface area contributed by atoms with Gasteiger partial charge in [-0.15, -0.1) is 12.3 Å². The van der Waals surface area contributed by atoms with Crippen LogP contribution in [0.4, 0.5) is 4.79 Å². The maximum Gasteiger partial charge on any atom is 0.407 e. The van der Waals surface area contributed by atoms with Crippen LogP contribution >= 0.6 is 0 Å². The molecule has 0 unspecified atom stereocenters. The predicted octanol–water partition coefficient (Wildman–Crippen LogP) is 2.65. The third kappa shape index (κ3) is 3.84. The van der Waals surface area contributed by atoms with Crippen LogP contribution in [0.2, 0.25) is 0 Å². The number of fused-ring (bicyclic) bond motifs is 3. The Morgan fingerprint density at radius 3 is 2.35 bits per heavy atom. The van der Waals surface area contributed by atoms with E-state index < -0.39 is 30.1 Å². The van der Waals surface area contributed by atoms with Gasteiger partial charge in [0, 0.05) is 18.8 Å². The van der Waals surface area contributed by atoms with Crippen LogP contribution in [0.1, 0.15) is 36.3 Å². The van der Waals surface area contributed by atoms with E-state index in [0.717, 1.165) is 22.3 Å². The molecule has 1 aliphatic heterocycles. The summed E-state index contributed by atoms with van der Waals surface area (Å²) in [6.07, 6.45) is 4.23. The largest absolute Gasteiger partial charge is 0.481 e. The van der Waals surface area contributed by atoms with Crippen LogP contribution in [-0.4, -0.2) is 41.3 Å². The van der Waals surface area contributed by atoms with Crippen molar-refractivity contribution in [1.82, 2.24) is 10.6 Å². The molecule has 0 aromatic heterocycles. The first-order valence-electron chi connectivity index (χ1n) is 10.0. The van der Waals surface area contributed by atoms with E-state index in [1.807, 2.05) is 48.5 Å². The SMILES string of the molecule is C#CC[C@]1(CC(=O)O)NC(=O)C[C@@H]1NC(=O)OCC1c2ccccc2-c2ccccc21. The molecule has 2 aromatic carbocycles. The molecule has 4 rings (SSSR count). The van der Waals surface area contributed by atoms with Crippen molar-refractivity contribution in [1.29, 1.82) is 0 Å². The Morgan fingerprint density at radius 2 is 1.77 bits per heavy atom. The van der Waals surface area contributed by atoms with Crippen molar-refractivity contribution in [3.63, 3.8) is 0 Å². The van der Waals surface area contributed by atoms with Gasteiger partial charge in [-0.2, -0.15) is 0 Å². The summed E-state index contributed by atoms with van der Waals surface area (Å²) < 4.78 is 5.53. The minimum Gasteiger partial charge on any atom is -0.481 e. The lowest BCUT2D eigenvalue weighted by atomic mass is 9.85. The van der Waals surface area contributed by atoms with Crippen LogP contribution in [0, 0.1) is 12.3 Å². The van der Waals surface area contributed by atoms with Crippen LogP contribution < -0.4 is 10.6 Å². The molecular weight excluding hydrogens is 396 g/mol. The fourth-order valence-electron chi connectivity index (χ4n) is 4.62. The van der Waals surface area contributed by atoms with E-state index in [4.69, 9.17) is 11.2 Å². The van der Waals surface area contributed by atoms with Crippen molar-refractivity contribution in [2.24, 2.45) is 0 Å². The van der Waals surface area contributed by atoms with Crippen molar-refractivity contribution in [3.8, 4) is 23.5 Å². The summed E-state index contributed by atoms with van der Waals surface area (Å²) in [5.41, 5.74) is 3.17. The number of benzene rings is 2. The number of hydrogen-bond acceptors (Lipinski definition) is 4. The molecule has 1 heterocycles. The molecule has 0 spiro atoms. The molecule has 7 heteroatoms. The van der Waals surface area contributed by atoms with Crippen molar-refractivity contribution in [2.45, 2.75) is 36.8 Å². The minimum atomic E-state index is -1.23. The van der Waals surface area contributed by atoms with Gasteiger partial charge in [0.1, 0.15) is 6.61 Å². The zero-order valence-corrected chi connectivity index (χ0v) is 16.8. The van der Waals surface area contributed by atoms with E-state index in [-0.39, 0.29) is 31.3 Å². The maximum absolute atomic E-state index is 12.6. The second-order valence-corrected chi connectivity index (χ2v) is 7.88. The van der Waals surface area contributed by atoms with Gasteiger partial charge in [0.05, 0.1) is 18.0 Å². The number of carbonyl (C=O) groups is 3. The normalized spacial score (nSPS) is 21.5. The van der Waals surface area contributed by atoms with E-state index >= 15 is 0 Å². The van der Waals surface area contributed by atoms with Gasteiger partial charge in [-0.1, -0.05) is 48.5 Å². The van der Waals surface area contributed by atoms with Crippen molar-refractivity contribution in [2.75, 3.05) is 6.61 Å². The number of hydrogen-bond donors (Lipinski definition) is 3. The van der Waals surface area contributed by atoms with Crippen LogP contribution in [0.5, 0.6) is 0 Å². The van der Waals surface area contributed by atoms with Gasteiger partial charge in [0.25, 0.3) is 0 Å². The number of nitrogens with one attached hydrogen (secondary N) is 2. The predicted molar refractivity (Wildman–Crippen MR) is 113 cm³/mol. The highest BCUT2D eigenvalue weighted by Gasteiger charge is 2.48. The van der Waals surface area contributed by atoms with Crippen molar-refractivity contribution in [3.05, 3.63) is 59.7 Å². The first-order valence-corrected chi connectivity index (χ1v) is 10.0. The molecule has 2 aromatic rings. The first kappa shape index (κ1) is 20.5. The van der Waals surface area contributed by atoms with E-state index in [1.165, 1.54) is 0 Å². The Hall–Kier alpha value is -3.79. The first-order chi connectivity index (χ1) is 14.9. The van der Waals surface area contributed by atoms with Gasteiger partial charge >= 0.3 is 12.1 Å². The van der Waals surface area contributed by atoms with E-state index in [1.54, 1.807) is 0 Å². The van der Waals surface area contributed by atoms with Crippen LogP contribution in [0.25, 0.3) is 11.1 Å². The Bertz CT molecular complexity index is 1040. The van der Waals surface area contributed by atoms with Crippen LogP contribution in [0.15, 0.2) is 48.5 Å². The summed E-state index contributed by atoms with van der Waals surface area (Å²) in [5.74, 6) is 0.832. The number of aliphatic carboxylic acids is 1. The van der Waals surface area contributed by atoms with Crippen molar-refractivity contribution >= 4 is 18.0 Å². The van der Waals surface area contributed by atoms with E-state index in [2.05, 4.69) is 16.6 Å². The fraction of sp³-hybridized carbons (Fsp3) is 0.292. The lowest BCUT2D eigenvalue weighted by Crippen LogP contribution is -2.56. The number of carbonyl (C=O) groups excluding carboxylic acids is 2. The summed E-state index contributed by atoms with van der Waals surface area (Å²) in [5, 5.41) is 14.6. The van der Waals surface area contributed by atoms with Gasteiger partial charge in [-0.05, 0) is 22.3 Å². The number of rotatable bonds is 6. The lowest BCUT2D eigenvalue weighted by Gasteiger charge is -2.32. The molecule has 31 heavy (non-hydrogen) atoms. The Morgan fingerprint density at radius 1 is 1.16 bits per heavy atom. The van der Waals surface area contributed by atoms with Crippen molar-refractivity contribution < 1.29 is 24.2 Å². The van der Waals surface area contributed by atoms with Gasteiger partial charge in [-0.25, -0.2) is 4.79 Å². The topological polar surface area (TPSA) is 105 Å². The standard InChI is InChI=1S/C24H22N2O5/c1-2-11-24(13-22(28)29)20(12-21(27)26-24)25-23(30)31-14-19-17-9-5-3-7-15(17)16-8-4-6-10-18(16)19/h1,3-10,19-20H,11-14H2,(H,25,30)(H,26,27)(H,28,29)/t20-,24+/m0/s1. The highest BCUT2D eigenvalue weighted by Crippen LogP contribution is 2.44. The zero-order chi connectivity index (χ0) is 22.0. The van der Waals surface area contributed by atoms with Gasteiger partial charge in [0.15, 0.2) is 0 Å². The molecule has 0 saturated carbocycles. The van der Waals surface area contributed by atoms with Gasteiger partial charge < -0.3 is 20.5 Å². The zero-order valence-electron chi connectivity index (χ0n) is 16.8. The molecule has 1 saturated heterocycles. The average molecular weight is 418 g/mol. The smallest absolute Gasteiger partial charge is 0.407 e. The summed E-state index contributed by atoms with van der Waals surface area (Å²) >= 11 is 0. The molecule has 0 bridgehead atoms. The third-order valence-corrected chi connectivity index (χ3v) is 5.96. The molecule has 1 aliphatic carbocycles. The minimum absolute atomic E-state index is 0.0145. The quantitative estimate of drug-likeness (QED) is 0.626. The van der Waals surface area contributed by atoms with Gasteiger partial charge in [-0.3, -0.25) is 9.59 Å². The highest BCUT2D eigenvalue weighted by molar-refractivity contribution is 5.84. The molecule has 2 aliphatic rings. The van der Waals surface area contributed by atoms with Crippen LogP contribution in [-0.2, 0) is 14.3 Å². The van der Waals surface area contributed by atoms with E-state index in [0.29, 0.717) is 0 Å². The maximum atomic E-state index is 12.6. The molecule has 1 fully saturated rings. The van der Waals surface area contributed by atoms with Gasteiger partial charge in [0.2, 0.25) is 5.91 Å². The highest BCUT2D eigenvalue weighted by atomic mass is 16.5. The fourth-order valence-corrected chi connectivity index (χ4v) is 4.62.